The molecule has 2 amide bonds. The molecular weight excluding hydrogens is 449 g/mol. The quantitative estimate of drug-likeness (QED) is 0.316. The highest BCUT2D eigenvalue weighted by atomic mass is 32.1. The fraction of sp³-hybridized carbons (Fsp3) is 0.450. The lowest BCUT2D eigenvalue weighted by molar-refractivity contribution is 0.0693. The summed E-state index contributed by atoms with van der Waals surface area (Å²) in [6.45, 7) is 0.852. The molecular formula is C20H25F3N4O4S. The van der Waals surface area contributed by atoms with E-state index in [-0.39, 0.29) is 16.4 Å². The third-order valence-electron chi connectivity index (χ3n) is 4.37. The molecule has 0 atom stereocenters. The third kappa shape index (κ3) is 7.68. The lowest BCUT2D eigenvalue weighted by Gasteiger charge is -2.09. The predicted molar refractivity (Wildman–Crippen MR) is 114 cm³/mol. The molecule has 0 bridgehead atoms. The molecule has 0 aliphatic heterocycles. The zero-order valence-corrected chi connectivity index (χ0v) is 18.5. The number of carbonyl (C=O) groups excluding carboxylic acids is 1. The van der Waals surface area contributed by atoms with Gasteiger partial charge in [-0.2, -0.15) is 4.37 Å². The van der Waals surface area contributed by atoms with Crippen molar-refractivity contribution in [3.8, 4) is 5.88 Å². The van der Waals surface area contributed by atoms with Crippen molar-refractivity contribution < 1.29 is 32.6 Å². The summed E-state index contributed by atoms with van der Waals surface area (Å²) in [5.74, 6) is -5.45. The number of aromatic carboxylic acids is 1. The van der Waals surface area contributed by atoms with Crippen molar-refractivity contribution in [1.82, 2.24) is 14.6 Å². The number of nitrogens with zero attached hydrogens (tertiary/aromatic N) is 2. The van der Waals surface area contributed by atoms with Gasteiger partial charge in [-0.3, -0.25) is 5.32 Å². The Balaban J connectivity index is 1.89. The van der Waals surface area contributed by atoms with Crippen molar-refractivity contribution in [2.75, 3.05) is 32.5 Å². The highest BCUT2D eigenvalue weighted by molar-refractivity contribution is 7.11. The Morgan fingerprint density at radius 3 is 2.47 bits per heavy atom. The minimum atomic E-state index is -1.42. The van der Waals surface area contributed by atoms with Crippen LogP contribution in [0.4, 0.5) is 23.0 Å². The molecule has 1 aromatic heterocycles. The minimum Gasteiger partial charge on any atom is -0.477 e. The first-order valence-electron chi connectivity index (χ1n) is 9.87. The van der Waals surface area contributed by atoms with Gasteiger partial charge in [0.25, 0.3) is 0 Å². The van der Waals surface area contributed by atoms with Gasteiger partial charge in [0.1, 0.15) is 17.4 Å². The molecule has 0 saturated carbocycles. The van der Waals surface area contributed by atoms with Crippen LogP contribution in [0.1, 0.15) is 41.6 Å². The number of hydrogen-bond acceptors (Lipinski definition) is 6. The second kappa shape index (κ2) is 12.2. The van der Waals surface area contributed by atoms with Crippen molar-refractivity contribution in [2.24, 2.45) is 0 Å². The molecule has 12 heteroatoms. The van der Waals surface area contributed by atoms with E-state index in [1.54, 1.807) is 0 Å². The van der Waals surface area contributed by atoms with Crippen LogP contribution in [0.2, 0.25) is 0 Å². The topological polar surface area (TPSA) is 104 Å². The standard InChI is InChI=1S/C20H25F3N4O4S/c1-27(2)8-6-4-3-5-7-24-20(30)25-18-16(19(28)29)17(26-32-18)31-11-12-9-14(22)15(23)10-13(12)21/h9-10H,3-8,11H2,1-2H3,(H,28,29)(H2,24,25,30). The van der Waals surface area contributed by atoms with Gasteiger partial charge >= 0.3 is 12.0 Å². The van der Waals surface area contributed by atoms with E-state index in [2.05, 4.69) is 19.9 Å². The highest BCUT2D eigenvalue weighted by Gasteiger charge is 2.24. The average molecular weight is 475 g/mol. The predicted octanol–water partition coefficient (Wildman–Crippen LogP) is 4.08. The van der Waals surface area contributed by atoms with Crippen molar-refractivity contribution in [2.45, 2.75) is 32.3 Å². The van der Waals surface area contributed by atoms with Gasteiger partial charge in [0, 0.05) is 18.2 Å². The van der Waals surface area contributed by atoms with E-state index in [1.807, 2.05) is 14.1 Å². The number of unbranched alkanes of at least 4 members (excludes halogenated alkanes) is 3. The van der Waals surface area contributed by atoms with Crippen LogP contribution < -0.4 is 15.4 Å². The zero-order valence-electron chi connectivity index (χ0n) is 17.7. The molecule has 0 unspecified atom stereocenters. The van der Waals surface area contributed by atoms with Gasteiger partial charge in [0.2, 0.25) is 5.88 Å². The van der Waals surface area contributed by atoms with Gasteiger partial charge in [-0.1, -0.05) is 12.8 Å². The number of nitrogens with one attached hydrogen (secondary N) is 2. The summed E-state index contributed by atoms with van der Waals surface area (Å²) in [5, 5.41) is 14.4. The molecule has 1 aromatic carbocycles. The number of amides is 2. The van der Waals surface area contributed by atoms with Crippen LogP contribution >= 0.6 is 11.5 Å². The highest BCUT2D eigenvalue weighted by Crippen LogP contribution is 2.31. The van der Waals surface area contributed by atoms with Gasteiger partial charge < -0.3 is 20.1 Å². The van der Waals surface area contributed by atoms with Crippen molar-refractivity contribution in [3.05, 3.63) is 40.7 Å². The molecule has 0 aliphatic rings. The molecule has 0 spiro atoms. The molecule has 3 N–H and O–H groups in total. The Morgan fingerprint density at radius 2 is 1.78 bits per heavy atom. The normalized spacial score (nSPS) is 10.9. The maximum atomic E-state index is 13.7. The van der Waals surface area contributed by atoms with Crippen LogP contribution in [0.3, 0.4) is 0 Å². The van der Waals surface area contributed by atoms with E-state index in [0.29, 0.717) is 30.2 Å². The summed E-state index contributed by atoms with van der Waals surface area (Å²) < 4.78 is 49.1. The van der Waals surface area contributed by atoms with Crippen LogP contribution in [0.15, 0.2) is 12.1 Å². The van der Waals surface area contributed by atoms with Crippen molar-refractivity contribution in [3.63, 3.8) is 0 Å². The first-order chi connectivity index (χ1) is 15.2. The van der Waals surface area contributed by atoms with Gasteiger partial charge in [-0.15, -0.1) is 0 Å². The summed E-state index contributed by atoms with van der Waals surface area (Å²) in [5.41, 5.74) is -0.733. The Labute approximate surface area is 187 Å². The van der Waals surface area contributed by atoms with Crippen LogP contribution in [0, 0.1) is 17.5 Å². The zero-order chi connectivity index (χ0) is 23.7. The first-order valence-corrected chi connectivity index (χ1v) is 10.6. The SMILES string of the molecule is CN(C)CCCCCCNC(=O)Nc1snc(OCc2cc(F)c(F)cc2F)c1C(=O)O. The van der Waals surface area contributed by atoms with E-state index in [4.69, 9.17) is 4.74 Å². The first kappa shape index (κ1) is 25.4. The number of aromatic nitrogens is 1. The number of carbonyl (C=O) groups is 2. The fourth-order valence-corrected chi connectivity index (χ4v) is 3.45. The monoisotopic (exact) mass is 474 g/mol. The largest absolute Gasteiger partial charge is 0.477 e. The number of urea groups is 1. The third-order valence-corrected chi connectivity index (χ3v) is 5.12. The molecule has 0 radical (unpaired) electrons. The lowest BCUT2D eigenvalue weighted by atomic mass is 10.2. The molecule has 0 fully saturated rings. The van der Waals surface area contributed by atoms with Crippen LogP contribution in [-0.2, 0) is 6.61 Å². The molecule has 0 saturated heterocycles. The molecule has 2 aromatic rings. The second-order valence-electron chi connectivity index (χ2n) is 7.24. The smallest absolute Gasteiger partial charge is 0.344 e. The molecule has 176 valence electrons. The number of halogens is 3. The van der Waals surface area contributed by atoms with Crippen molar-refractivity contribution in [1.29, 1.82) is 0 Å². The van der Waals surface area contributed by atoms with Crippen LogP contribution in [0.25, 0.3) is 0 Å². The molecule has 8 nitrogen and oxygen atoms in total. The summed E-state index contributed by atoms with van der Waals surface area (Å²) >= 11 is 0.671. The van der Waals surface area contributed by atoms with Gasteiger partial charge in [0.15, 0.2) is 17.2 Å². The van der Waals surface area contributed by atoms with Gasteiger partial charge in [-0.25, -0.2) is 22.8 Å². The van der Waals surface area contributed by atoms with Crippen molar-refractivity contribution >= 4 is 28.5 Å². The minimum absolute atomic E-state index is 0.0678. The number of ether oxygens (including phenoxy) is 1. The summed E-state index contributed by atoms with van der Waals surface area (Å²) in [6, 6.07) is 0.389. The number of anilines is 1. The number of benzene rings is 1. The summed E-state index contributed by atoms with van der Waals surface area (Å²) in [4.78, 5) is 25.8. The Bertz CT molecular complexity index is 940. The summed E-state index contributed by atoms with van der Waals surface area (Å²) in [7, 11) is 4.02. The Morgan fingerprint density at radius 1 is 1.09 bits per heavy atom. The molecule has 0 aliphatic carbocycles. The van der Waals surface area contributed by atoms with E-state index in [1.165, 1.54) is 0 Å². The Hall–Kier alpha value is -2.86. The number of hydrogen-bond donors (Lipinski definition) is 3. The van der Waals surface area contributed by atoms with E-state index < -0.39 is 41.6 Å². The summed E-state index contributed by atoms with van der Waals surface area (Å²) in [6.07, 6.45) is 3.84. The van der Waals surface area contributed by atoms with E-state index in [9.17, 15) is 27.9 Å². The maximum absolute atomic E-state index is 13.7. The molecule has 32 heavy (non-hydrogen) atoms. The van der Waals surface area contributed by atoms with Crippen LogP contribution in [0.5, 0.6) is 5.88 Å². The number of rotatable bonds is 12. The maximum Gasteiger partial charge on any atom is 0.344 e. The fourth-order valence-electron chi connectivity index (χ4n) is 2.72. The number of carboxylic acids is 1. The second-order valence-corrected chi connectivity index (χ2v) is 8.02. The van der Waals surface area contributed by atoms with E-state index in [0.717, 1.165) is 32.2 Å². The van der Waals surface area contributed by atoms with Gasteiger partial charge in [-0.05, 0) is 51.1 Å². The lowest BCUT2D eigenvalue weighted by Crippen LogP contribution is -2.29. The molecule has 2 rings (SSSR count). The average Bonchev–Trinajstić information content (AvgIpc) is 3.11. The Kier molecular flexibility index (Phi) is 9.72. The number of carboxylic acid groups (broad SMARTS) is 1. The van der Waals surface area contributed by atoms with E-state index >= 15 is 0 Å². The van der Waals surface area contributed by atoms with Crippen LogP contribution in [-0.4, -0.2) is 53.6 Å². The molecule has 1 heterocycles. The van der Waals surface area contributed by atoms with Gasteiger partial charge in [0.05, 0.1) is 0 Å².